The van der Waals surface area contributed by atoms with E-state index in [1.54, 1.807) is 60.8 Å². The van der Waals surface area contributed by atoms with Crippen LogP contribution in [0.3, 0.4) is 0 Å². The molecule has 11 heteroatoms. The van der Waals surface area contributed by atoms with Crippen molar-refractivity contribution in [1.29, 1.82) is 5.26 Å². The minimum Gasteiger partial charge on any atom is -0.371 e. The van der Waals surface area contributed by atoms with Crippen molar-refractivity contribution >= 4 is 27.8 Å². The van der Waals surface area contributed by atoms with Gasteiger partial charge in [-0.1, -0.05) is 0 Å². The van der Waals surface area contributed by atoms with Gasteiger partial charge in [-0.2, -0.15) is 18.8 Å². The summed E-state index contributed by atoms with van der Waals surface area (Å²) in [5, 5.41) is 23.6. The van der Waals surface area contributed by atoms with E-state index in [4.69, 9.17) is 10.4 Å². The third kappa shape index (κ3) is 6.48. The van der Waals surface area contributed by atoms with Crippen LogP contribution in [0.4, 0.5) is 5.69 Å². The van der Waals surface area contributed by atoms with Crippen LogP contribution in [0.15, 0.2) is 66.1 Å². The second-order valence-corrected chi connectivity index (χ2v) is 8.55. The van der Waals surface area contributed by atoms with E-state index in [1.165, 1.54) is 0 Å². The minimum atomic E-state index is -4.01. The van der Waals surface area contributed by atoms with Crippen molar-refractivity contribution in [1.82, 2.24) is 14.9 Å². The molecule has 1 heterocycles. The first kappa shape index (κ1) is 21.6. The normalized spacial score (nSPS) is 11.1. The lowest BCUT2D eigenvalue weighted by molar-refractivity contribution is 0.487. The van der Waals surface area contributed by atoms with Gasteiger partial charge in [0.2, 0.25) is 0 Å². The van der Waals surface area contributed by atoms with Gasteiger partial charge in [0.05, 0.1) is 17.3 Å². The fourth-order valence-electron chi connectivity index (χ4n) is 2.69. The highest BCUT2D eigenvalue weighted by Crippen LogP contribution is 2.23. The number of nitriles is 1. The fourth-order valence-corrected chi connectivity index (χ4v) is 3.98. The van der Waals surface area contributed by atoms with Crippen molar-refractivity contribution in [2.75, 3.05) is 17.3 Å². The molecule has 0 fully saturated rings. The molecule has 1 aromatic heterocycles. The van der Waals surface area contributed by atoms with E-state index < -0.39 is 10.3 Å². The summed E-state index contributed by atoms with van der Waals surface area (Å²) in [4.78, 5) is 1.01. The van der Waals surface area contributed by atoms with E-state index in [2.05, 4.69) is 20.4 Å². The number of unbranched alkanes of at least 4 members (excludes halogenated alkanes) is 1. The summed E-state index contributed by atoms with van der Waals surface area (Å²) >= 11 is 1.67. The van der Waals surface area contributed by atoms with E-state index in [0.717, 1.165) is 35.7 Å². The van der Waals surface area contributed by atoms with Crippen LogP contribution in [0.1, 0.15) is 18.4 Å². The standard InChI is InChI=1S/C19H20N6O3S2/c20-13-16-3-5-17(6-4-16)25(24-14-22-23-15-24)11-1-2-12-29-19-9-7-18(8-10-19)28-30(21,26)27/h3-10,14-15H,1-2,11-12H2,(H2,21,26,27). The molecule has 2 N–H and O–H groups in total. The molecule has 0 spiro atoms. The van der Waals surface area contributed by atoms with Gasteiger partial charge in [-0.15, -0.1) is 22.0 Å². The number of aromatic nitrogens is 3. The second kappa shape index (κ2) is 10.1. The van der Waals surface area contributed by atoms with Gasteiger partial charge >= 0.3 is 10.3 Å². The number of hydrogen-bond acceptors (Lipinski definition) is 8. The highest BCUT2D eigenvalue weighted by atomic mass is 32.2. The fraction of sp³-hybridized carbons (Fsp3) is 0.211. The molecule has 30 heavy (non-hydrogen) atoms. The zero-order valence-corrected chi connectivity index (χ0v) is 17.6. The number of benzene rings is 2. The number of rotatable bonds is 10. The number of nitrogens with two attached hydrogens (primary N) is 1. The Bertz CT molecular complexity index is 1080. The average molecular weight is 445 g/mol. The first-order valence-electron chi connectivity index (χ1n) is 9.02. The van der Waals surface area contributed by atoms with Crippen LogP contribution in [0.2, 0.25) is 0 Å². The first-order valence-corrected chi connectivity index (χ1v) is 11.5. The van der Waals surface area contributed by atoms with Crippen LogP contribution in [0.5, 0.6) is 5.75 Å². The van der Waals surface area contributed by atoms with Crippen molar-refractivity contribution in [2.45, 2.75) is 17.7 Å². The predicted molar refractivity (Wildman–Crippen MR) is 114 cm³/mol. The molecule has 2 aromatic carbocycles. The van der Waals surface area contributed by atoms with Crippen LogP contribution in [0, 0.1) is 11.3 Å². The van der Waals surface area contributed by atoms with Gasteiger partial charge in [-0.3, -0.25) is 5.01 Å². The Labute approximate surface area is 179 Å². The summed E-state index contributed by atoms with van der Waals surface area (Å²) in [6.07, 6.45) is 5.17. The van der Waals surface area contributed by atoms with Crippen molar-refractivity contribution in [3.8, 4) is 11.8 Å². The van der Waals surface area contributed by atoms with E-state index in [9.17, 15) is 8.42 Å². The van der Waals surface area contributed by atoms with Gasteiger partial charge in [-0.25, -0.2) is 4.68 Å². The highest BCUT2D eigenvalue weighted by Gasteiger charge is 2.09. The molecular weight excluding hydrogens is 424 g/mol. The zero-order chi connectivity index (χ0) is 21.4. The van der Waals surface area contributed by atoms with Crippen LogP contribution in [0.25, 0.3) is 0 Å². The van der Waals surface area contributed by atoms with Gasteiger partial charge in [0, 0.05) is 11.4 Å². The first-order chi connectivity index (χ1) is 14.4. The van der Waals surface area contributed by atoms with E-state index in [-0.39, 0.29) is 5.75 Å². The summed E-state index contributed by atoms with van der Waals surface area (Å²) in [6, 6.07) is 16.2. The summed E-state index contributed by atoms with van der Waals surface area (Å²) in [7, 11) is -4.01. The van der Waals surface area contributed by atoms with Crippen molar-refractivity contribution in [2.24, 2.45) is 5.14 Å². The molecule has 9 nitrogen and oxygen atoms in total. The Kier molecular flexibility index (Phi) is 7.29. The average Bonchev–Trinajstić information content (AvgIpc) is 3.25. The Balaban J connectivity index is 1.50. The lowest BCUT2D eigenvalue weighted by Crippen LogP contribution is -2.29. The molecule has 0 radical (unpaired) electrons. The van der Waals surface area contributed by atoms with E-state index in [1.807, 2.05) is 21.8 Å². The SMILES string of the molecule is N#Cc1ccc(N(CCCCSc2ccc(OS(N)(=O)=O)cc2)n2cnnc2)cc1. The molecule has 0 aliphatic carbocycles. The predicted octanol–water partition coefficient (Wildman–Crippen LogP) is 2.57. The largest absolute Gasteiger partial charge is 0.380 e. The third-order valence-electron chi connectivity index (χ3n) is 4.05. The molecule has 0 saturated carbocycles. The quantitative estimate of drug-likeness (QED) is 0.373. The molecule has 0 unspecified atom stereocenters. The maximum Gasteiger partial charge on any atom is 0.380 e. The molecule has 3 aromatic rings. The maximum atomic E-state index is 10.9. The topological polar surface area (TPSA) is 127 Å². The highest BCUT2D eigenvalue weighted by molar-refractivity contribution is 7.99. The zero-order valence-electron chi connectivity index (χ0n) is 16.0. The van der Waals surface area contributed by atoms with E-state index in [0.29, 0.717) is 5.56 Å². The van der Waals surface area contributed by atoms with E-state index >= 15 is 0 Å². The molecule has 0 amide bonds. The summed E-state index contributed by atoms with van der Waals surface area (Å²) in [6.45, 7) is 0.756. The number of thioether (sulfide) groups is 1. The molecule has 0 aliphatic rings. The summed E-state index contributed by atoms with van der Waals surface area (Å²) < 4.78 is 28.3. The van der Waals surface area contributed by atoms with Gasteiger partial charge in [-0.05, 0) is 67.1 Å². The third-order valence-corrected chi connectivity index (χ3v) is 5.57. The lowest BCUT2D eigenvalue weighted by Gasteiger charge is -2.24. The van der Waals surface area contributed by atoms with Crippen molar-refractivity contribution in [3.63, 3.8) is 0 Å². The smallest absolute Gasteiger partial charge is 0.371 e. The van der Waals surface area contributed by atoms with Gasteiger partial charge < -0.3 is 4.18 Å². The second-order valence-electron chi connectivity index (χ2n) is 6.23. The molecule has 0 atom stereocenters. The molecule has 3 rings (SSSR count). The van der Waals surface area contributed by atoms with Crippen LogP contribution in [-0.2, 0) is 10.3 Å². The molecule has 0 saturated heterocycles. The number of nitrogens with zero attached hydrogens (tertiary/aromatic N) is 5. The molecule has 0 bridgehead atoms. The maximum absolute atomic E-state index is 10.9. The monoisotopic (exact) mass is 444 g/mol. The Morgan fingerprint density at radius 1 is 1.07 bits per heavy atom. The van der Waals surface area contributed by atoms with Gasteiger partial charge in [0.15, 0.2) is 0 Å². The Morgan fingerprint density at radius 3 is 2.33 bits per heavy atom. The van der Waals surface area contributed by atoms with Crippen molar-refractivity contribution in [3.05, 3.63) is 66.7 Å². The number of hydrogen-bond donors (Lipinski definition) is 1. The lowest BCUT2D eigenvalue weighted by atomic mass is 10.2. The van der Waals surface area contributed by atoms with Crippen LogP contribution in [-0.4, -0.2) is 35.6 Å². The molecule has 0 aliphatic heterocycles. The summed E-state index contributed by atoms with van der Waals surface area (Å²) in [5.41, 5.74) is 1.56. The van der Waals surface area contributed by atoms with Gasteiger partial charge in [0.1, 0.15) is 18.4 Å². The Hall–Kier alpha value is -3.07. The number of anilines is 1. The van der Waals surface area contributed by atoms with Crippen molar-refractivity contribution < 1.29 is 12.6 Å². The van der Waals surface area contributed by atoms with Crippen LogP contribution >= 0.6 is 11.8 Å². The van der Waals surface area contributed by atoms with Crippen LogP contribution < -0.4 is 14.3 Å². The summed E-state index contributed by atoms with van der Waals surface area (Å²) in [5.74, 6) is 1.09. The van der Waals surface area contributed by atoms with Gasteiger partial charge in [0.25, 0.3) is 0 Å². The molecular formula is C19H20N6O3S2. The Morgan fingerprint density at radius 2 is 1.73 bits per heavy atom. The minimum absolute atomic E-state index is 0.189. The molecule has 156 valence electrons.